The van der Waals surface area contributed by atoms with Crippen molar-refractivity contribution < 1.29 is 22.6 Å². The van der Waals surface area contributed by atoms with Gasteiger partial charge in [0.05, 0.1) is 36.7 Å². The van der Waals surface area contributed by atoms with Crippen molar-refractivity contribution in [2.45, 2.75) is 12.0 Å². The number of rotatable bonds is 3. The van der Waals surface area contributed by atoms with Crippen LogP contribution in [-0.4, -0.2) is 14.2 Å². The molecule has 0 saturated carbocycles. The fourth-order valence-corrected chi connectivity index (χ4v) is 2.65. The molecule has 2 aromatic rings. The summed E-state index contributed by atoms with van der Waals surface area (Å²) in [7, 11) is 2.99. The Morgan fingerprint density at radius 2 is 1.67 bits per heavy atom. The van der Waals surface area contributed by atoms with Gasteiger partial charge >= 0.3 is 6.18 Å². The molecule has 0 aromatic heterocycles. The number of nitrogens with two attached hydrogens (primary N) is 1. The summed E-state index contributed by atoms with van der Waals surface area (Å²) >= 11 is 0. The second kappa shape index (κ2) is 5.48. The number of nitrogens with one attached hydrogen (secondary N) is 2. The maximum Gasteiger partial charge on any atom is 0.416 e. The van der Waals surface area contributed by atoms with Crippen LogP contribution in [-0.2, 0) is 12.0 Å². The lowest BCUT2D eigenvalue weighted by atomic mass is 10.1. The molecule has 24 heavy (non-hydrogen) atoms. The van der Waals surface area contributed by atoms with Crippen molar-refractivity contribution in [3.05, 3.63) is 47.5 Å². The van der Waals surface area contributed by atoms with E-state index in [-0.39, 0.29) is 5.69 Å². The molecular weight excluding hydrogens is 323 g/mol. The van der Waals surface area contributed by atoms with Gasteiger partial charge in [-0.05, 0) is 36.4 Å². The van der Waals surface area contributed by atoms with Crippen LogP contribution in [0.2, 0.25) is 0 Å². The van der Waals surface area contributed by atoms with Crippen molar-refractivity contribution in [1.82, 2.24) is 0 Å². The third-order valence-electron chi connectivity index (χ3n) is 3.84. The Kier molecular flexibility index (Phi) is 3.71. The lowest BCUT2D eigenvalue weighted by molar-refractivity contribution is -0.137. The summed E-state index contributed by atoms with van der Waals surface area (Å²) in [6.07, 6.45) is -4.43. The van der Waals surface area contributed by atoms with E-state index < -0.39 is 17.5 Å². The third kappa shape index (κ3) is 2.69. The molecule has 0 radical (unpaired) electrons. The minimum absolute atomic E-state index is 0.261. The van der Waals surface area contributed by atoms with Crippen LogP contribution in [0.15, 0.2) is 36.4 Å². The number of halogens is 3. The van der Waals surface area contributed by atoms with Crippen molar-refractivity contribution >= 4 is 11.4 Å². The van der Waals surface area contributed by atoms with Gasteiger partial charge in [0.2, 0.25) is 0 Å². The largest absolute Gasteiger partial charge is 0.497 e. The lowest BCUT2D eigenvalue weighted by Gasteiger charge is -2.28. The van der Waals surface area contributed by atoms with E-state index in [9.17, 15) is 13.2 Å². The second-order valence-electron chi connectivity index (χ2n) is 5.38. The molecule has 1 unspecified atom stereocenters. The van der Waals surface area contributed by atoms with Crippen LogP contribution in [0.1, 0.15) is 11.1 Å². The van der Waals surface area contributed by atoms with Crippen LogP contribution < -0.4 is 25.8 Å². The first-order valence-electron chi connectivity index (χ1n) is 7.06. The second-order valence-corrected chi connectivity index (χ2v) is 5.38. The number of fused-ring (bicyclic) bond motifs is 1. The van der Waals surface area contributed by atoms with Gasteiger partial charge in [0, 0.05) is 0 Å². The van der Waals surface area contributed by atoms with Gasteiger partial charge in [-0.15, -0.1) is 0 Å². The van der Waals surface area contributed by atoms with Crippen molar-refractivity contribution in [2.24, 2.45) is 5.73 Å². The summed E-state index contributed by atoms with van der Waals surface area (Å²) in [4.78, 5) is 0. The van der Waals surface area contributed by atoms with E-state index in [0.717, 1.165) is 12.1 Å². The molecule has 0 amide bonds. The molecule has 1 heterocycles. The van der Waals surface area contributed by atoms with E-state index in [0.29, 0.717) is 22.7 Å². The van der Waals surface area contributed by atoms with Gasteiger partial charge in [0.1, 0.15) is 11.5 Å². The minimum atomic E-state index is -4.43. The average molecular weight is 339 g/mol. The van der Waals surface area contributed by atoms with Crippen LogP contribution in [0, 0.1) is 0 Å². The fraction of sp³-hybridized carbons (Fsp3) is 0.250. The monoisotopic (exact) mass is 339 g/mol. The normalized spacial score (nSPS) is 19.2. The van der Waals surface area contributed by atoms with Crippen LogP contribution in [0.5, 0.6) is 11.5 Å². The highest BCUT2D eigenvalue weighted by atomic mass is 19.4. The fourth-order valence-electron chi connectivity index (χ4n) is 2.65. The van der Waals surface area contributed by atoms with E-state index in [4.69, 9.17) is 15.2 Å². The first kappa shape index (κ1) is 16.3. The Morgan fingerprint density at radius 1 is 0.958 bits per heavy atom. The molecule has 0 saturated heterocycles. The van der Waals surface area contributed by atoms with Gasteiger partial charge < -0.3 is 20.1 Å². The van der Waals surface area contributed by atoms with Crippen LogP contribution in [0.4, 0.5) is 24.5 Å². The molecule has 8 heteroatoms. The Balaban J connectivity index is 2.02. The summed E-state index contributed by atoms with van der Waals surface area (Å²) in [6, 6.07) is 8.40. The van der Waals surface area contributed by atoms with Crippen molar-refractivity contribution in [3.63, 3.8) is 0 Å². The van der Waals surface area contributed by atoms with Gasteiger partial charge in [-0.2, -0.15) is 13.2 Å². The van der Waals surface area contributed by atoms with Crippen LogP contribution >= 0.6 is 0 Å². The quantitative estimate of drug-likeness (QED) is 0.800. The van der Waals surface area contributed by atoms with Gasteiger partial charge in [-0.3, -0.25) is 5.73 Å². The molecular formula is C16H16F3N3O2. The topological polar surface area (TPSA) is 68.5 Å². The number of ether oxygens (including phenoxy) is 2. The standard InChI is InChI=1S/C16H16F3N3O2/c1-23-10-4-6-14(24-2)11(8-10)16(20)21-12-5-3-9(15(17,18)19)7-13(12)22-16/h3-8,21-22H,20H2,1-2H3. The molecule has 0 bridgehead atoms. The van der Waals surface area contributed by atoms with E-state index in [1.54, 1.807) is 18.2 Å². The van der Waals surface area contributed by atoms with Crippen LogP contribution in [0.25, 0.3) is 0 Å². The third-order valence-corrected chi connectivity index (χ3v) is 3.84. The SMILES string of the molecule is COc1ccc(OC)c(C2(N)Nc3ccc(C(F)(F)F)cc3N2)c1. The molecule has 0 aliphatic carbocycles. The van der Waals surface area contributed by atoms with E-state index in [2.05, 4.69) is 10.6 Å². The Hall–Kier alpha value is -2.61. The highest BCUT2D eigenvalue weighted by molar-refractivity contribution is 5.78. The lowest BCUT2D eigenvalue weighted by Crippen LogP contribution is -2.48. The summed E-state index contributed by atoms with van der Waals surface area (Å²) in [5, 5.41) is 5.89. The zero-order valence-electron chi connectivity index (χ0n) is 13.0. The zero-order valence-corrected chi connectivity index (χ0v) is 13.0. The highest BCUT2D eigenvalue weighted by Crippen LogP contribution is 2.43. The molecule has 0 spiro atoms. The zero-order chi connectivity index (χ0) is 17.5. The smallest absolute Gasteiger partial charge is 0.416 e. The Morgan fingerprint density at radius 3 is 2.29 bits per heavy atom. The number of hydrogen-bond acceptors (Lipinski definition) is 5. The molecule has 3 rings (SSSR count). The van der Waals surface area contributed by atoms with E-state index >= 15 is 0 Å². The summed E-state index contributed by atoms with van der Waals surface area (Å²) in [5.41, 5.74) is 6.84. The van der Waals surface area contributed by atoms with Crippen LogP contribution in [0.3, 0.4) is 0 Å². The highest BCUT2D eigenvalue weighted by Gasteiger charge is 2.39. The first-order valence-corrected chi connectivity index (χ1v) is 7.06. The van der Waals surface area contributed by atoms with Gasteiger partial charge in [-0.1, -0.05) is 0 Å². The van der Waals surface area contributed by atoms with Crippen molar-refractivity contribution in [1.29, 1.82) is 0 Å². The molecule has 2 aromatic carbocycles. The molecule has 1 aliphatic heterocycles. The molecule has 1 aliphatic rings. The first-order chi connectivity index (χ1) is 11.3. The predicted octanol–water partition coefficient (Wildman–Crippen LogP) is 3.33. The maximum atomic E-state index is 12.9. The number of hydrogen-bond donors (Lipinski definition) is 3. The van der Waals surface area contributed by atoms with Gasteiger partial charge in [0.15, 0.2) is 5.79 Å². The predicted molar refractivity (Wildman–Crippen MR) is 84.1 cm³/mol. The number of methoxy groups -OCH3 is 2. The number of benzene rings is 2. The molecule has 5 nitrogen and oxygen atoms in total. The molecule has 0 fully saturated rings. The maximum absolute atomic E-state index is 12.9. The van der Waals surface area contributed by atoms with Gasteiger partial charge in [-0.25, -0.2) is 0 Å². The molecule has 128 valence electrons. The van der Waals surface area contributed by atoms with Gasteiger partial charge in [0.25, 0.3) is 0 Å². The Labute approximate surface area is 136 Å². The number of alkyl halides is 3. The average Bonchev–Trinajstić information content (AvgIpc) is 2.89. The minimum Gasteiger partial charge on any atom is -0.497 e. The van der Waals surface area contributed by atoms with E-state index in [1.165, 1.54) is 20.3 Å². The number of anilines is 2. The molecule has 1 atom stereocenters. The summed E-state index contributed by atoms with van der Waals surface area (Å²) < 4.78 is 49.1. The van der Waals surface area contributed by atoms with Crippen molar-refractivity contribution in [2.75, 3.05) is 24.9 Å². The van der Waals surface area contributed by atoms with E-state index in [1.807, 2.05) is 0 Å². The molecule has 4 N–H and O–H groups in total. The van der Waals surface area contributed by atoms with Crippen molar-refractivity contribution in [3.8, 4) is 11.5 Å². The summed E-state index contributed by atoms with van der Waals surface area (Å²) in [5.74, 6) is -0.305. The Bertz CT molecular complexity index is 780. The summed E-state index contributed by atoms with van der Waals surface area (Å²) in [6.45, 7) is 0.